The number of carbonyl (C=O) groups excluding carboxylic acids is 1. The standard InChI is InChI=1S/C13H24N2O2S/c16-13(10-18-12-2-5-14-6-3-12)15-7-1-11-4-8-17-9-11/h11-12,14H,1-10H2,(H,15,16). The van der Waals surface area contributed by atoms with Crippen LogP contribution in [-0.4, -0.2) is 49.8 Å². The van der Waals surface area contributed by atoms with Crippen molar-refractivity contribution in [3.05, 3.63) is 0 Å². The monoisotopic (exact) mass is 272 g/mol. The van der Waals surface area contributed by atoms with E-state index in [1.54, 1.807) is 0 Å². The molecule has 5 heteroatoms. The molecule has 0 spiro atoms. The highest BCUT2D eigenvalue weighted by Crippen LogP contribution is 2.19. The zero-order valence-electron chi connectivity index (χ0n) is 11.0. The predicted molar refractivity (Wildman–Crippen MR) is 74.9 cm³/mol. The lowest BCUT2D eigenvalue weighted by atomic mass is 10.1. The normalized spacial score (nSPS) is 25.2. The summed E-state index contributed by atoms with van der Waals surface area (Å²) in [4.78, 5) is 11.7. The van der Waals surface area contributed by atoms with Crippen LogP contribution in [0.15, 0.2) is 0 Å². The summed E-state index contributed by atoms with van der Waals surface area (Å²) >= 11 is 1.81. The Bertz CT molecular complexity index is 251. The summed E-state index contributed by atoms with van der Waals surface area (Å²) in [6.45, 7) is 4.77. The summed E-state index contributed by atoms with van der Waals surface area (Å²) < 4.78 is 5.32. The van der Waals surface area contributed by atoms with E-state index in [4.69, 9.17) is 4.74 Å². The van der Waals surface area contributed by atoms with Crippen molar-refractivity contribution in [2.75, 3.05) is 38.6 Å². The molecule has 2 heterocycles. The lowest BCUT2D eigenvalue weighted by Crippen LogP contribution is -2.32. The van der Waals surface area contributed by atoms with Crippen LogP contribution in [0, 0.1) is 5.92 Å². The van der Waals surface area contributed by atoms with Crippen LogP contribution in [0.5, 0.6) is 0 Å². The largest absolute Gasteiger partial charge is 0.381 e. The highest BCUT2D eigenvalue weighted by molar-refractivity contribution is 8.00. The smallest absolute Gasteiger partial charge is 0.230 e. The lowest BCUT2D eigenvalue weighted by Gasteiger charge is -2.21. The summed E-state index contributed by atoms with van der Waals surface area (Å²) in [5.74, 6) is 1.46. The first-order chi connectivity index (χ1) is 8.84. The Labute approximate surface area is 114 Å². The van der Waals surface area contributed by atoms with Gasteiger partial charge in [0.05, 0.1) is 5.75 Å². The number of rotatable bonds is 6. The molecule has 104 valence electrons. The molecule has 2 rings (SSSR count). The summed E-state index contributed by atoms with van der Waals surface area (Å²) in [5, 5.41) is 7.03. The molecule has 2 aliphatic heterocycles. The zero-order valence-corrected chi connectivity index (χ0v) is 11.8. The van der Waals surface area contributed by atoms with E-state index >= 15 is 0 Å². The van der Waals surface area contributed by atoms with Crippen molar-refractivity contribution >= 4 is 17.7 Å². The number of hydrogen-bond donors (Lipinski definition) is 2. The van der Waals surface area contributed by atoms with Crippen molar-refractivity contribution in [2.24, 2.45) is 5.92 Å². The van der Waals surface area contributed by atoms with Gasteiger partial charge in [0.1, 0.15) is 0 Å². The van der Waals surface area contributed by atoms with Gasteiger partial charge in [0.2, 0.25) is 5.91 Å². The van der Waals surface area contributed by atoms with Crippen LogP contribution >= 0.6 is 11.8 Å². The Morgan fingerprint density at radius 1 is 1.33 bits per heavy atom. The molecule has 2 aliphatic rings. The maximum Gasteiger partial charge on any atom is 0.230 e. The lowest BCUT2D eigenvalue weighted by molar-refractivity contribution is -0.118. The van der Waals surface area contributed by atoms with Gasteiger partial charge in [-0.3, -0.25) is 4.79 Å². The molecular formula is C13H24N2O2S. The second kappa shape index (κ2) is 8.02. The first kappa shape index (κ1) is 14.2. The molecular weight excluding hydrogens is 248 g/mol. The average molecular weight is 272 g/mol. The van der Waals surface area contributed by atoms with Crippen LogP contribution in [0.1, 0.15) is 25.7 Å². The minimum absolute atomic E-state index is 0.192. The Kier molecular flexibility index (Phi) is 6.31. The number of nitrogens with one attached hydrogen (secondary N) is 2. The van der Waals surface area contributed by atoms with Crippen LogP contribution in [0.25, 0.3) is 0 Å². The third-order valence-electron chi connectivity index (χ3n) is 3.64. The molecule has 18 heavy (non-hydrogen) atoms. The molecule has 2 N–H and O–H groups in total. The Balaban J connectivity index is 1.49. The van der Waals surface area contributed by atoms with E-state index in [9.17, 15) is 4.79 Å². The first-order valence-corrected chi connectivity index (χ1v) is 8.06. The molecule has 0 aromatic heterocycles. The molecule has 0 aromatic rings. The van der Waals surface area contributed by atoms with Crippen LogP contribution in [0.3, 0.4) is 0 Å². The first-order valence-electron chi connectivity index (χ1n) is 7.01. The molecule has 0 radical (unpaired) electrons. The molecule has 0 aliphatic carbocycles. The maximum absolute atomic E-state index is 11.7. The fraction of sp³-hybridized carbons (Fsp3) is 0.923. The van der Waals surface area contributed by atoms with E-state index in [1.165, 1.54) is 12.8 Å². The molecule has 0 aromatic carbocycles. The second-order valence-corrected chi connectivity index (χ2v) is 6.42. The van der Waals surface area contributed by atoms with E-state index < -0.39 is 0 Å². The number of thioether (sulfide) groups is 1. The molecule has 1 atom stereocenters. The van der Waals surface area contributed by atoms with Crippen LogP contribution in [0.4, 0.5) is 0 Å². The van der Waals surface area contributed by atoms with Crippen molar-refractivity contribution in [3.8, 4) is 0 Å². The quantitative estimate of drug-likeness (QED) is 0.758. The molecule has 4 nitrogen and oxygen atoms in total. The zero-order chi connectivity index (χ0) is 12.6. The maximum atomic E-state index is 11.7. The highest BCUT2D eigenvalue weighted by atomic mass is 32.2. The van der Waals surface area contributed by atoms with Crippen LogP contribution < -0.4 is 10.6 Å². The molecule has 2 saturated heterocycles. The number of hydrogen-bond acceptors (Lipinski definition) is 4. The van der Waals surface area contributed by atoms with Gasteiger partial charge in [-0.15, -0.1) is 11.8 Å². The van der Waals surface area contributed by atoms with Crippen molar-refractivity contribution < 1.29 is 9.53 Å². The topological polar surface area (TPSA) is 50.4 Å². The SMILES string of the molecule is O=C(CSC1CCNCC1)NCCC1CCOC1. The fourth-order valence-electron chi connectivity index (χ4n) is 2.43. The van der Waals surface area contributed by atoms with Gasteiger partial charge in [0, 0.05) is 25.0 Å². The third-order valence-corrected chi connectivity index (χ3v) is 5.01. The van der Waals surface area contributed by atoms with E-state index in [2.05, 4.69) is 10.6 Å². The summed E-state index contributed by atoms with van der Waals surface area (Å²) in [5.41, 5.74) is 0. The summed E-state index contributed by atoms with van der Waals surface area (Å²) in [6, 6.07) is 0. The van der Waals surface area contributed by atoms with E-state index in [0.29, 0.717) is 16.9 Å². The van der Waals surface area contributed by atoms with E-state index in [-0.39, 0.29) is 5.91 Å². The van der Waals surface area contributed by atoms with Gasteiger partial charge in [0.25, 0.3) is 0 Å². The van der Waals surface area contributed by atoms with Gasteiger partial charge in [-0.25, -0.2) is 0 Å². The minimum Gasteiger partial charge on any atom is -0.381 e. The van der Waals surface area contributed by atoms with Gasteiger partial charge in [-0.1, -0.05) is 0 Å². The Hall–Kier alpha value is -0.260. The molecule has 1 unspecified atom stereocenters. The highest BCUT2D eigenvalue weighted by Gasteiger charge is 2.16. The van der Waals surface area contributed by atoms with Gasteiger partial charge in [-0.05, 0) is 44.7 Å². The number of piperidine rings is 1. The van der Waals surface area contributed by atoms with Crippen molar-refractivity contribution in [3.63, 3.8) is 0 Å². The molecule has 1 amide bonds. The summed E-state index contributed by atoms with van der Waals surface area (Å²) in [7, 11) is 0. The van der Waals surface area contributed by atoms with Crippen molar-refractivity contribution in [2.45, 2.75) is 30.9 Å². The Morgan fingerprint density at radius 3 is 2.89 bits per heavy atom. The molecule has 0 saturated carbocycles. The van der Waals surface area contributed by atoms with E-state index in [0.717, 1.165) is 45.7 Å². The Morgan fingerprint density at radius 2 is 2.17 bits per heavy atom. The van der Waals surface area contributed by atoms with E-state index in [1.807, 2.05) is 11.8 Å². The predicted octanol–water partition coefficient (Wildman–Crippen LogP) is 1.01. The van der Waals surface area contributed by atoms with Gasteiger partial charge in [0.15, 0.2) is 0 Å². The number of carbonyl (C=O) groups is 1. The third kappa shape index (κ3) is 5.16. The summed E-state index contributed by atoms with van der Waals surface area (Å²) in [6.07, 6.45) is 4.60. The number of amides is 1. The van der Waals surface area contributed by atoms with Crippen molar-refractivity contribution in [1.29, 1.82) is 0 Å². The average Bonchev–Trinajstić information content (AvgIpc) is 2.91. The molecule has 2 fully saturated rings. The van der Waals surface area contributed by atoms with Crippen LogP contribution in [0.2, 0.25) is 0 Å². The van der Waals surface area contributed by atoms with Gasteiger partial charge in [-0.2, -0.15) is 0 Å². The fourth-order valence-corrected chi connectivity index (χ4v) is 3.49. The molecule has 0 bridgehead atoms. The van der Waals surface area contributed by atoms with Crippen molar-refractivity contribution in [1.82, 2.24) is 10.6 Å². The number of ether oxygens (including phenoxy) is 1. The minimum atomic E-state index is 0.192. The van der Waals surface area contributed by atoms with Gasteiger partial charge >= 0.3 is 0 Å². The van der Waals surface area contributed by atoms with Gasteiger partial charge < -0.3 is 15.4 Å². The second-order valence-electron chi connectivity index (χ2n) is 5.13. The van der Waals surface area contributed by atoms with Crippen LogP contribution in [-0.2, 0) is 9.53 Å².